The summed E-state index contributed by atoms with van der Waals surface area (Å²) in [6, 6.07) is 25.5. The van der Waals surface area contributed by atoms with Crippen LogP contribution in [0.3, 0.4) is 0 Å². The normalized spacial score (nSPS) is 11.1. The smallest absolute Gasteiger partial charge is 0.119 e. The summed E-state index contributed by atoms with van der Waals surface area (Å²) in [7, 11) is 0. The molecule has 254 valence electrons. The minimum atomic E-state index is 0.785. The van der Waals surface area contributed by atoms with Crippen LogP contribution in [-0.4, -0.2) is 13.2 Å². The maximum atomic E-state index is 6.11. The molecular formula is C42H62BrNO2. The number of rotatable bonds is 27. The summed E-state index contributed by atoms with van der Waals surface area (Å²) in [5.74, 6) is 1.87. The number of unbranched alkanes of at least 4 members (excludes halogenated alkanes) is 18. The minimum Gasteiger partial charge on any atom is -0.494 e. The van der Waals surface area contributed by atoms with E-state index in [9.17, 15) is 0 Å². The Morgan fingerprint density at radius 2 is 0.674 bits per heavy atom. The molecule has 46 heavy (non-hydrogen) atoms. The van der Waals surface area contributed by atoms with Gasteiger partial charge in [-0.2, -0.15) is 0 Å². The molecule has 0 saturated carbocycles. The van der Waals surface area contributed by atoms with Gasteiger partial charge in [0.1, 0.15) is 11.5 Å². The molecule has 0 amide bonds. The summed E-state index contributed by atoms with van der Waals surface area (Å²) in [6.07, 6.45) is 26.8. The topological polar surface area (TPSA) is 21.7 Å². The van der Waals surface area contributed by atoms with E-state index in [1.165, 1.54) is 116 Å². The van der Waals surface area contributed by atoms with Crippen molar-refractivity contribution in [3.05, 3.63) is 77.3 Å². The molecule has 0 aliphatic heterocycles. The first kappa shape index (κ1) is 38.0. The third-order valence-electron chi connectivity index (χ3n) is 8.81. The predicted molar refractivity (Wildman–Crippen MR) is 204 cm³/mol. The molecule has 0 aliphatic carbocycles. The maximum Gasteiger partial charge on any atom is 0.119 e. The molecule has 4 heteroatoms. The van der Waals surface area contributed by atoms with Crippen LogP contribution in [-0.2, 0) is 0 Å². The third-order valence-corrected chi connectivity index (χ3v) is 9.34. The Kier molecular flexibility index (Phi) is 20.4. The monoisotopic (exact) mass is 691 g/mol. The Labute approximate surface area is 290 Å². The van der Waals surface area contributed by atoms with Crippen LogP contribution in [0.5, 0.6) is 11.5 Å². The fraction of sp³-hybridized carbons (Fsp3) is 0.571. The fourth-order valence-electron chi connectivity index (χ4n) is 5.98. The van der Waals surface area contributed by atoms with Gasteiger partial charge in [0.15, 0.2) is 0 Å². The lowest BCUT2D eigenvalue weighted by molar-refractivity contribution is 0.304. The largest absolute Gasteiger partial charge is 0.494 e. The third kappa shape index (κ3) is 15.9. The van der Waals surface area contributed by atoms with Gasteiger partial charge >= 0.3 is 0 Å². The lowest BCUT2D eigenvalue weighted by Gasteiger charge is -2.26. The van der Waals surface area contributed by atoms with E-state index in [0.29, 0.717) is 0 Å². The standard InChI is InChI=1S/C42H62BrNO2/c1-3-5-7-9-11-13-15-17-19-21-35-45-41-31-27-39(28-32-41)44(38-25-23-37(43)24-26-38)40-29-33-42(34-30-40)46-36-22-20-18-16-14-12-10-8-6-4-2/h23-34H,3-22,35-36H2,1-2H3. The van der Waals surface area contributed by atoms with Crippen LogP contribution in [0.1, 0.15) is 142 Å². The van der Waals surface area contributed by atoms with Crippen LogP contribution in [0.15, 0.2) is 77.3 Å². The van der Waals surface area contributed by atoms with Crippen LogP contribution in [0.4, 0.5) is 17.1 Å². The lowest BCUT2D eigenvalue weighted by atomic mass is 10.1. The van der Waals surface area contributed by atoms with Crippen molar-refractivity contribution in [1.82, 2.24) is 0 Å². The van der Waals surface area contributed by atoms with E-state index in [1.807, 2.05) is 0 Å². The van der Waals surface area contributed by atoms with Crippen LogP contribution in [0.25, 0.3) is 0 Å². The summed E-state index contributed by atoms with van der Waals surface area (Å²) in [5.41, 5.74) is 3.32. The quantitative estimate of drug-likeness (QED) is 0.0743. The van der Waals surface area contributed by atoms with Crippen LogP contribution < -0.4 is 14.4 Å². The summed E-state index contributed by atoms with van der Waals surface area (Å²) in [4.78, 5) is 2.28. The average Bonchev–Trinajstić information content (AvgIpc) is 3.08. The lowest BCUT2D eigenvalue weighted by Crippen LogP contribution is -2.10. The second kappa shape index (κ2) is 24.7. The first-order valence-corrected chi connectivity index (χ1v) is 19.5. The van der Waals surface area contributed by atoms with Crippen LogP contribution in [0, 0.1) is 0 Å². The summed E-state index contributed by atoms with van der Waals surface area (Å²) in [5, 5.41) is 0. The van der Waals surface area contributed by atoms with Crippen molar-refractivity contribution in [3.63, 3.8) is 0 Å². The summed E-state index contributed by atoms with van der Waals surface area (Å²) < 4.78 is 13.3. The van der Waals surface area contributed by atoms with Gasteiger partial charge in [-0.3, -0.25) is 0 Å². The zero-order valence-electron chi connectivity index (χ0n) is 29.1. The van der Waals surface area contributed by atoms with Gasteiger partial charge < -0.3 is 14.4 Å². The molecule has 0 unspecified atom stereocenters. The number of halogens is 1. The Balaban J connectivity index is 1.43. The number of anilines is 3. The second-order valence-corrected chi connectivity index (χ2v) is 13.8. The van der Waals surface area contributed by atoms with E-state index >= 15 is 0 Å². The first-order valence-electron chi connectivity index (χ1n) is 18.7. The Morgan fingerprint density at radius 3 is 1.00 bits per heavy atom. The zero-order chi connectivity index (χ0) is 32.5. The highest BCUT2D eigenvalue weighted by Crippen LogP contribution is 2.36. The van der Waals surface area contributed by atoms with Crippen molar-refractivity contribution in [2.75, 3.05) is 18.1 Å². The number of hydrogen-bond acceptors (Lipinski definition) is 3. The fourth-order valence-corrected chi connectivity index (χ4v) is 6.24. The summed E-state index contributed by atoms with van der Waals surface area (Å²) in [6.45, 7) is 6.13. The first-order chi connectivity index (χ1) is 22.7. The summed E-state index contributed by atoms with van der Waals surface area (Å²) >= 11 is 3.59. The van der Waals surface area contributed by atoms with Gasteiger partial charge in [0.25, 0.3) is 0 Å². The predicted octanol–water partition coefficient (Wildman–Crippen LogP) is 14.5. The highest BCUT2D eigenvalue weighted by atomic mass is 79.9. The van der Waals surface area contributed by atoms with Gasteiger partial charge in [0, 0.05) is 21.5 Å². The van der Waals surface area contributed by atoms with Crippen molar-refractivity contribution in [3.8, 4) is 11.5 Å². The SMILES string of the molecule is CCCCCCCCCCCCOc1ccc(N(c2ccc(Br)cc2)c2ccc(OCCCCCCCCCCCC)cc2)cc1. The van der Waals surface area contributed by atoms with Gasteiger partial charge in [-0.05, 0) is 85.6 Å². The molecule has 0 aliphatic rings. The molecule has 0 atom stereocenters. The molecule has 0 saturated heterocycles. The van der Waals surface area contributed by atoms with Gasteiger partial charge in [0.2, 0.25) is 0 Å². The van der Waals surface area contributed by atoms with E-state index in [-0.39, 0.29) is 0 Å². The van der Waals surface area contributed by atoms with E-state index in [0.717, 1.165) is 59.1 Å². The highest BCUT2D eigenvalue weighted by molar-refractivity contribution is 9.10. The molecule has 0 fully saturated rings. The Hall–Kier alpha value is -2.46. The maximum absolute atomic E-state index is 6.11. The molecule has 3 nitrogen and oxygen atoms in total. The Bertz CT molecular complexity index is 1060. The van der Waals surface area contributed by atoms with Gasteiger partial charge in [-0.15, -0.1) is 0 Å². The molecule has 3 rings (SSSR count). The number of nitrogens with zero attached hydrogens (tertiary/aromatic N) is 1. The molecular weight excluding hydrogens is 630 g/mol. The molecule has 3 aromatic rings. The Morgan fingerprint density at radius 1 is 0.391 bits per heavy atom. The number of hydrogen-bond donors (Lipinski definition) is 0. The molecule has 3 aromatic carbocycles. The molecule has 0 heterocycles. The number of ether oxygens (including phenoxy) is 2. The van der Waals surface area contributed by atoms with Crippen molar-refractivity contribution >= 4 is 33.0 Å². The highest BCUT2D eigenvalue weighted by Gasteiger charge is 2.13. The van der Waals surface area contributed by atoms with Gasteiger partial charge in [-0.25, -0.2) is 0 Å². The number of benzene rings is 3. The minimum absolute atomic E-state index is 0.785. The molecule has 0 radical (unpaired) electrons. The van der Waals surface area contributed by atoms with Gasteiger partial charge in [0.05, 0.1) is 13.2 Å². The van der Waals surface area contributed by atoms with E-state index in [2.05, 4.69) is 107 Å². The van der Waals surface area contributed by atoms with E-state index in [4.69, 9.17) is 9.47 Å². The van der Waals surface area contributed by atoms with Gasteiger partial charge in [-0.1, -0.05) is 145 Å². The second-order valence-electron chi connectivity index (χ2n) is 12.9. The molecule has 0 bridgehead atoms. The van der Waals surface area contributed by atoms with Crippen molar-refractivity contribution in [1.29, 1.82) is 0 Å². The van der Waals surface area contributed by atoms with Crippen molar-refractivity contribution < 1.29 is 9.47 Å². The van der Waals surface area contributed by atoms with Crippen molar-refractivity contribution in [2.45, 2.75) is 142 Å². The molecule has 0 N–H and O–H groups in total. The molecule has 0 aromatic heterocycles. The van der Waals surface area contributed by atoms with Crippen molar-refractivity contribution in [2.24, 2.45) is 0 Å². The van der Waals surface area contributed by atoms with E-state index in [1.54, 1.807) is 0 Å². The zero-order valence-corrected chi connectivity index (χ0v) is 30.7. The van der Waals surface area contributed by atoms with Crippen LogP contribution in [0.2, 0.25) is 0 Å². The van der Waals surface area contributed by atoms with E-state index < -0.39 is 0 Å². The molecule has 0 spiro atoms. The van der Waals surface area contributed by atoms with Crippen LogP contribution >= 0.6 is 15.9 Å². The average molecular weight is 693 g/mol.